The Balaban J connectivity index is -0.0000000771. The van der Waals surface area contributed by atoms with Crippen molar-refractivity contribution in [1.82, 2.24) is 0 Å². The van der Waals surface area contributed by atoms with E-state index in [-0.39, 0.29) is 0 Å². The molecule has 0 heterocycles. The van der Waals surface area contributed by atoms with Gasteiger partial charge in [0.2, 0.25) is 0 Å². The van der Waals surface area contributed by atoms with Gasteiger partial charge in [0.1, 0.15) is 0 Å². The molecule has 2 nitrogen and oxygen atoms in total. The Kier molecular flexibility index (Phi) is 42.7. The predicted octanol–water partition coefficient (Wildman–Crippen LogP) is -0.818. The summed E-state index contributed by atoms with van der Waals surface area (Å²) in [4.78, 5) is 0. The Morgan fingerprint density at radius 3 is 1.22 bits per heavy atom. The normalized spacial score (nSPS) is 6.78. The van der Waals surface area contributed by atoms with Gasteiger partial charge in [0.25, 0.3) is 0 Å². The van der Waals surface area contributed by atoms with Crippen molar-refractivity contribution in [3.05, 3.63) is 0 Å². The first-order valence-electron chi connectivity index (χ1n) is 2.79. The average molecular weight is 146 g/mol. The van der Waals surface area contributed by atoms with Crippen molar-refractivity contribution in [3.8, 4) is 0 Å². The second kappa shape index (κ2) is 23.7. The van der Waals surface area contributed by atoms with Gasteiger partial charge in [0.05, 0.1) is 0 Å². The molecule has 3 heteroatoms. The molecular formula is C6H15AlO2. The smallest absolute Gasteiger partial charge is 0.153 e. The topological polar surface area (TPSA) is 46.1 Å². The van der Waals surface area contributed by atoms with Crippen LogP contribution in [-0.4, -0.2) is 30.5 Å². The van der Waals surface area contributed by atoms with Crippen molar-refractivity contribution in [2.75, 3.05) is 14.2 Å². The molecule has 0 atom stereocenters. The molecule has 0 saturated carbocycles. The van der Waals surface area contributed by atoms with Crippen molar-refractivity contribution in [1.29, 1.82) is 0 Å². The summed E-state index contributed by atoms with van der Waals surface area (Å²) < 4.78 is 0. The van der Waals surface area contributed by atoms with Gasteiger partial charge in [-0.2, -0.15) is 14.2 Å². The van der Waals surface area contributed by atoms with Crippen LogP contribution in [0.5, 0.6) is 0 Å². The minimum atomic E-state index is 0.750. The zero-order valence-electron chi connectivity index (χ0n) is 6.68. The molecule has 0 bridgehead atoms. The van der Waals surface area contributed by atoms with Crippen molar-refractivity contribution >= 4 is 16.3 Å². The molecule has 0 saturated heterocycles. The Labute approximate surface area is 66.3 Å². The zero-order valence-corrected chi connectivity index (χ0v) is 7.83. The van der Waals surface area contributed by atoms with Gasteiger partial charge in [-0.1, -0.05) is 0 Å². The molecule has 0 fully saturated rings. The maximum atomic E-state index is 8.25. The molecule has 54 valence electrons. The first kappa shape index (κ1) is 16.2. The maximum Gasteiger partial charge on any atom is -0.153 e. The van der Waals surface area contributed by atoms with Gasteiger partial charge in [0, 0.05) is 0 Å². The predicted molar refractivity (Wildman–Crippen MR) is 37.2 cm³/mol. The molecule has 0 spiro atoms. The summed E-state index contributed by atoms with van der Waals surface area (Å²) >= 11 is 2.69. The number of hydrogen-bond donors (Lipinski definition) is 0. The largest absolute Gasteiger partial charge is 0.857 e. The Bertz CT molecular complexity index is 25.0. The standard InChI is InChI=1S/C4H9.2CH3O.Al/c1-4(2)3;2*1-2;/h4H,1H2,2-3H3;2*1H3;/q;2*-1;+2. The molecule has 0 unspecified atom stereocenters. The van der Waals surface area contributed by atoms with Crippen LogP contribution < -0.4 is 10.2 Å². The molecule has 9 heavy (non-hydrogen) atoms. The van der Waals surface area contributed by atoms with Crippen LogP contribution in [0.3, 0.4) is 0 Å². The van der Waals surface area contributed by atoms with Crippen molar-refractivity contribution in [2.24, 2.45) is 5.92 Å². The molecule has 0 N–H and O–H groups in total. The van der Waals surface area contributed by atoms with E-state index in [2.05, 4.69) is 30.1 Å². The molecule has 0 aliphatic heterocycles. The minimum absolute atomic E-state index is 0.750. The summed E-state index contributed by atoms with van der Waals surface area (Å²) in [5.74, 6) is 0.847. The van der Waals surface area contributed by atoms with E-state index in [9.17, 15) is 0 Å². The van der Waals surface area contributed by atoms with Gasteiger partial charge >= 0.3 is 41.3 Å². The van der Waals surface area contributed by atoms with Crippen molar-refractivity contribution in [2.45, 2.75) is 19.1 Å². The van der Waals surface area contributed by atoms with Crippen LogP contribution in [0.1, 0.15) is 13.8 Å². The van der Waals surface area contributed by atoms with Crippen LogP contribution in [-0.2, 0) is 0 Å². The Morgan fingerprint density at radius 2 is 1.22 bits per heavy atom. The van der Waals surface area contributed by atoms with Crippen molar-refractivity contribution in [3.63, 3.8) is 0 Å². The van der Waals surface area contributed by atoms with E-state index in [4.69, 9.17) is 10.2 Å². The molecular weight excluding hydrogens is 131 g/mol. The molecule has 0 aromatic rings. The summed E-state index contributed by atoms with van der Waals surface area (Å²) in [5, 5.41) is 17.7. The van der Waals surface area contributed by atoms with Crippen LogP contribution in [0.15, 0.2) is 0 Å². The summed E-state index contributed by atoms with van der Waals surface area (Å²) in [7, 11) is 1.50. The van der Waals surface area contributed by atoms with Crippen molar-refractivity contribution < 1.29 is 10.2 Å². The van der Waals surface area contributed by atoms with E-state index in [1.165, 1.54) is 5.28 Å². The van der Waals surface area contributed by atoms with Crippen LogP contribution in [0, 0.1) is 5.92 Å². The molecule has 0 aromatic carbocycles. The van der Waals surface area contributed by atoms with E-state index >= 15 is 0 Å². The van der Waals surface area contributed by atoms with E-state index in [0.29, 0.717) is 0 Å². The van der Waals surface area contributed by atoms with Gasteiger partial charge in [-0.05, 0) is 0 Å². The van der Waals surface area contributed by atoms with E-state index < -0.39 is 0 Å². The minimum Gasteiger partial charge on any atom is -0.857 e. The van der Waals surface area contributed by atoms with Gasteiger partial charge in [-0.3, -0.25) is 0 Å². The monoisotopic (exact) mass is 146 g/mol. The summed E-state index contributed by atoms with van der Waals surface area (Å²) in [6.07, 6.45) is 0. The number of rotatable bonds is 1. The second-order valence-electron chi connectivity index (χ2n) is 1.63. The molecule has 0 amide bonds. The first-order chi connectivity index (χ1) is 4.27. The fraction of sp³-hybridized carbons (Fsp3) is 1.00. The van der Waals surface area contributed by atoms with Crippen LogP contribution in [0.4, 0.5) is 0 Å². The summed E-state index contributed by atoms with van der Waals surface area (Å²) in [5.41, 5.74) is 0. The van der Waals surface area contributed by atoms with Crippen LogP contribution >= 0.6 is 0 Å². The SMILES string of the molecule is CC(C)[CH2][Al+2].C[O-].C[O-]. The fourth-order valence-electron chi connectivity index (χ4n) is 0. The average Bonchev–Trinajstić information content (AvgIpc) is 1.97. The molecule has 0 rings (SSSR count). The van der Waals surface area contributed by atoms with Crippen LogP contribution in [0.2, 0.25) is 5.28 Å². The fourth-order valence-corrected chi connectivity index (χ4v) is 0. The molecule has 0 aromatic heterocycles. The quantitative estimate of drug-likeness (QED) is 0.454. The van der Waals surface area contributed by atoms with Gasteiger partial charge in [-0.25, -0.2) is 0 Å². The summed E-state index contributed by atoms with van der Waals surface area (Å²) in [6.45, 7) is 4.40. The Morgan fingerprint density at radius 1 is 1.11 bits per heavy atom. The van der Waals surface area contributed by atoms with Gasteiger partial charge < -0.3 is 10.2 Å². The van der Waals surface area contributed by atoms with Gasteiger partial charge in [-0.15, -0.1) is 0 Å². The van der Waals surface area contributed by atoms with E-state index in [1.54, 1.807) is 0 Å². The maximum absolute atomic E-state index is 8.25. The third-order valence-electron chi connectivity index (χ3n) is 0.471. The zero-order chi connectivity index (χ0) is 8.28. The Hall–Kier alpha value is 0.452. The molecule has 0 aliphatic rings. The third-order valence-corrected chi connectivity index (χ3v) is 1.41. The summed E-state index contributed by atoms with van der Waals surface area (Å²) in [6, 6.07) is 0. The van der Waals surface area contributed by atoms with E-state index in [1.807, 2.05) is 0 Å². The first-order valence-corrected chi connectivity index (χ1v) is 3.60. The van der Waals surface area contributed by atoms with Gasteiger partial charge in [0.15, 0.2) is 0 Å². The second-order valence-corrected chi connectivity index (χ2v) is 2.10. The van der Waals surface area contributed by atoms with E-state index in [0.717, 1.165) is 20.1 Å². The molecule has 0 radical (unpaired) electrons. The number of hydrogen-bond acceptors (Lipinski definition) is 2. The molecule has 0 aliphatic carbocycles. The van der Waals surface area contributed by atoms with Crippen LogP contribution in [0.25, 0.3) is 0 Å². The third kappa shape index (κ3) is 58.5.